The molecule has 0 aromatic rings. The predicted octanol–water partition coefficient (Wildman–Crippen LogP) is 3.89. The summed E-state index contributed by atoms with van der Waals surface area (Å²) in [7, 11) is 0. The fraction of sp³-hybridized carbons (Fsp3) is 1.00. The summed E-state index contributed by atoms with van der Waals surface area (Å²) in [6.07, 6.45) is 3.92. The third-order valence-electron chi connectivity index (χ3n) is 1.03. The lowest BCUT2D eigenvalue weighted by Gasteiger charge is -1.96. The number of rotatable bonds is 6. The van der Waals surface area contributed by atoms with Crippen molar-refractivity contribution in [2.24, 2.45) is 0 Å². The molecule has 0 radical (unpaired) electrons. The van der Waals surface area contributed by atoms with Gasteiger partial charge in [0.15, 0.2) is 0 Å². The van der Waals surface area contributed by atoms with Gasteiger partial charge >= 0.3 is 0 Å². The van der Waals surface area contributed by atoms with Gasteiger partial charge in [0.2, 0.25) is 0 Å². The second kappa shape index (κ2) is 16.7. The van der Waals surface area contributed by atoms with Gasteiger partial charge in [-0.25, -0.2) is 0 Å². The van der Waals surface area contributed by atoms with E-state index in [1.165, 1.54) is 19.3 Å². The van der Waals surface area contributed by atoms with Crippen molar-refractivity contribution in [3.63, 3.8) is 0 Å². The molecule has 0 amide bonds. The Labute approximate surface area is 76.1 Å². The third kappa shape index (κ3) is 17.9. The van der Waals surface area contributed by atoms with Gasteiger partial charge in [-0.1, -0.05) is 33.6 Å². The highest BCUT2D eigenvalue weighted by Gasteiger charge is 1.86. The second-order valence-electron chi connectivity index (χ2n) is 1.94. The van der Waals surface area contributed by atoms with Gasteiger partial charge in [0.1, 0.15) is 0 Å². The van der Waals surface area contributed by atoms with Gasteiger partial charge in [0.25, 0.3) is 0 Å². The minimum Gasteiger partial charge on any atom is -0.316 e. The van der Waals surface area contributed by atoms with Crippen LogP contribution < -0.4 is 0 Å². The van der Waals surface area contributed by atoms with Crippen LogP contribution in [-0.2, 0) is 4.18 Å². The van der Waals surface area contributed by atoms with Gasteiger partial charge in [-0.05, 0) is 25.4 Å². The lowest BCUT2D eigenvalue weighted by atomic mass is 10.3. The molecule has 0 atom stereocenters. The Morgan fingerprint density at radius 1 is 1.09 bits per heavy atom. The highest BCUT2D eigenvalue weighted by Crippen LogP contribution is 2.06. The quantitative estimate of drug-likeness (QED) is 0.451. The fourth-order valence-corrected chi connectivity index (χ4v) is 1.16. The molecule has 0 aliphatic rings. The molecule has 0 aromatic carbocycles. The molecule has 0 aliphatic heterocycles. The van der Waals surface area contributed by atoms with Gasteiger partial charge in [-0.15, -0.1) is 0 Å². The summed E-state index contributed by atoms with van der Waals surface area (Å²) >= 11 is 1.59. The van der Waals surface area contributed by atoms with Gasteiger partial charge < -0.3 is 4.18 Å². The summed E-state index contributed by atoms with van der Waals surface area (Å²) in [6, 6.07) is 0. The summed E-state index contributed by atoms with van der Waals surface area (Å²) in [4.78, 5) is 0. The van der Waals surface area contributed by atoms with Crippen molar-refractivity contribution in [3.8, 4) is 0 Å². The fourth-order valence-electron chi connectivity index (χ4n) is 0.553. The topological polar surface area (TPSA) is 9.23 Å². The smallest absolute Gasteiger partial charge is 0.0585 e. The van der Waals surface area contributed by atoms with Crippen LogP contribution in [0.3, 0.4) is 0 Å². The lowest BCUT2D eigenvalue weighted by Crippen LogP contribution is -1.82. The molecule has 0 spiro atoms. The average molecular weight is 178 g/mol. The Morgan fingerprint density at radius 3 is 2.18 bits per heavy atom. The van der Waals surface area contributed by atoms with Crippen LogP contribution in [0, 0.1) is 0 Å². The van der Waals surface area contributed by atoms with E-state index in [2.05, 4.69) is 6.92 Å². The normalized spacial score (nSPS) is 8.73. The average Bonchev–Trinajstić information content (AvgIpc) is 2.08. The molecule has 0 saturated carbocycles. The van der Waals surface area contributed by atoms with Crippen molar-refractivity contribution in [1.29, 1.82) is 0 Å². The molecule has 0 fully saturated rings. The summed E-state index contributed by atoms with van der Waals surface area (Å²) in [5, 5.41) is 0. The lowest BCUT2D eigenvalue weighted by molar-refractivity contribution is 0.401. The van der Waals surface area contributed by atoms with Gasteiger partial charge in [-0.3, -0.25) is 0 Å². The Morgan fingerprint density at radius 2 is 1.73 bits per heavy atom. The monoisotopic (exact) mass is 178 g/mol. The third-order valence-corrected chi connectivity index (χ3v) is 1.89. The zero-order chi connectivity index (χ0) is 8.95. The van der Waals surface area contributed by atoms with Crippen molar-refractivity contribution in [2.45, 2.75) is 47.0 Å². The molecular formula is C9H22OS. The standard InChI is InChI=1S/C7H16OS.C2H6/c1-3-5-6-7-9-8-4-2;1-2/h3-7H2,1-2H3;1-2H3. The predicted molar refractivity (Wildman–Crippen MR) is 55.0 cm³/mol. The zero-order valence-electron chi connectivity index (χ0n) is 8.35. The van der Waals surface area contributed by atoms with E-state index in [9.17, 15) is 0 Å². The number of hydrogen-bond donors (Lipinski definition) is 0. The molecule has 0 bridgehead atoms. The molecule has 2 heteroatoms. The van der Waals surface area contributed by atoms with Gasteiger partial charge in [0.05, 0.1) is 6.61 Å². The van der Waals surface area contributed by atoms with Gasteiger partial charge in [-0.2, -0.15) is 0 Å². The Bertz CT molecular complexity index is 42.8. The summed E-state index contributed by atoms with van der Waals surface area (Å²) in [6.45, 7) is 9.06. The van der Waals surface area contributed by atoms with E-state index in [0.717, 1.165) is 12.4 Å². The van der Waals surface area contributed by atoms with E-state index in [0.29, 0.717) is 0 Å². The molecule has 0 unspecified atom stereocenters. The first kappa shape index (κ1) is 13.9. The highest BCUT2D eigenvalue weighted by molar-refractivity contribution is 7.94. The maximum absolute atomic E-state index is 5.10. The van der Waals surface area contributed by atoms with Crippen LogP contribution in [0.2, 0.25) is 0 Å². The van der Waals surface area contributed by atoms with Crippen LogP contribution in [0.15, 0.2) is 0 Å². The van der Waals surface area contributed by atoms with Crippen molar-refractivity contribution in [3.05, 3.63) is 0 Å². The van der Waals surface area contributed by atoms with E-state index >= 15 is 0 Å². The van der Waals surface area contributed by atoms with Crippen LogP contribution in [0.1, 0.15) is 47.0 Å². The first-order valence-corrected chi connectivity index (χ1v) is 5.57. The first-order valence-electron chi connectivity index (χ1n) is 4.66. The maximum Gasteiger partial charge on any atom is 0.0585 e. The van der Waals surface area contributed by atoms with Crippen molar-refractivity contribution in [1.82, 2.24) is 0 Å². The van der Waals surface area contributed by atoms with Crippen LogP contribution in [-0.4, -0.2) is 12.4 Å². The van der Waals surface area contributed by atoms with Crippen molar-refractivity contribution >= 4 is 12.0 Å². The molecule has 1 nitrogen and oxygen atoms in total. The SMILES string of the molecule is CC.CCCCCSOCC. The molecule has 0 aromatic heterocycles. The Kier molecular flexibility index (Phi) is 21.1. The molecule has 0 rings (SSSR count). The Balaban J connectivity index is 0. The molecule has 0 saturated heterocycles. The van der Waals surface area contributed by atoms with Crippen LogP contribution >= 0.6 is 12.0 Å². The molecule has 70 valence electrons. The maximum atomic E-state index is 5.10. The summed E-state index contributed by atoms with van der Waals surface area (Å²) in [5.74, 6) is 1.15. The molecule has 0 N–H and O–H groups in total. The summed E-state index contributed by atoms with van der Waals surface area (Å²) in [5.41, 5.74) is 0. The Hall–Kier alpha value is 0.310. The van der Waals surface area contributed by atoms with E-state index < -0.39 is 0 Å². The van der Waals surface area contributed by atoms with E-state index in [1.54, 1.807) is 12.0 Å². The molecule has 11 heavy (non-hydrogen) atoms. The second-order valence-corrected chi connectivity index (χ2v) is 2.82. The number of hydrogen-bond acceptors (Lipinski definition) is 2. The summed E-state index contributed by atoms with van der Waals surface area (Å²) < 4.78 is 5.10. The number of unbranched alkanes of at least 4 members (excludes halogenated alkanes) is 2. The van der Waals surface area contributed by atoms with Gasteiger partial charge in [0, 0.05) is 5.75 Å². The molecule has 0 aliphatic carbocycles. The van der Waals surface area contributed by atoms with Crippen LogP contribution in [0.5, 0.6) is 0 Å². The van der Waals surface area contributed by atoms with E-state index in [1.807, 2.05) is 20.8 Å². The zero-order valence-corrected chi connectivity index (χ0v) is 9.17. The first-order chi connectivity index (χ1) is 5.41. The van der Waals surface area contributed by atoms with Crippen LogP contribution in [0.4, 0.5) is 0 Å². The minimum atomic E-state index is 0.830. The highest BCUT2D eigenvalue weighted by atomic mass is 32.2. The van der Waals surface area contributed by atoms with E-state index in [4.69, 9.17) is 4.18 Å². The van der Waals surface area contributed by atoms with Crippen molar-refractivity contribution < 1.29 is 4.18 Å². The molecular weight excluding hydrogens is 156 g/mol. The van der Waals surface area contributed by atoms with Crippen LogP contribution in [0.25, 0.3) is 0 Å². The molecule has 0 heterocycles. The largest absolute Gasteiger partial charge is 0.316 e. The van der Waals surface area contributed by atoms with Crippen molar-refractivity contribution in [2.75, 3.05) is 12.4 Å². The van der Waals surface area contributed by atoms with E-state index in [-0.39, 0.29) is 0 Å². The minimum absolute atomic E-state index is 0.830.